The molecule has 0 aliphatic rings. The Morgan fingerprint density at radius 2 is 1.78 bits per heavy atom. The predicted octanol–water partition coefficient (Wildman–Crippen LogP) is 4.14. The minimum Gasteiger partial charge on any atom is -0.383 e. The Hall–Kier alpha value is -3.81. The first-order valence-corrected chi connectivity index (χ1v) is 11.0. The molecule has 0 radical (unpaired) electrons. The lowest BCUT2D eigenvalue weighted by molar-refractivity contribution is 0.0955. The second-order valence-electron chi connectivity index (χ2n) is 7.65. The number of hydrogen-bond acceptors (Lipinski definition) is 6. The van der Waals surface area contributed by atoms with E-state index in [4.69, 9.17) is 15.7 Å². The Balaban J connectivity index is 1.69. The number of nitrogens with zero attached hydrogens (tertiary/aromatic N) is 5. The van der Waals surface area contributed by atoms with Gasteiger partial charge in [-0.25, -0.2) is 9.97 Å². The second kappa shape index (κ2) is 10.00. The summed E-state index contributed by atoms with van der Waals surface area (Å²) in [6.07, 6.45) is 10.6. The van der Waals surface area contributed by atoms with Gasteiger partial charge in [-0.1, -0.05) is 44.7 Å². The van der Waals surface area contributed by atoms with E-state index in [0.717, 1.165) is 18.4 Å². The summed E-state index contributed by atoms with van der Waals surface area (Å²) in [5, 5.41) is 7.48. The monoisotopic (exact) mass is 429 g/mol. The fraction of sp³-hybridized carbons (Fsp3) is 0.292. The molecule has 3 aromatic heterocycles. The number of carbonyl (C=O) groups excluding carboxylic acids is 1. The van der Waals surface area contributed by atoms with Gasteiger partial charge in [-0.2, -0.15) is 9.78 Å². The first-order chi connectivity index (χ1) is 15.7. The summed E-state index contributed by atoms with van der Waals surface area (Å²) in [4.78, 5) is 26.5. The molecule has 1 aromatic carbocycles. The Bertz CT molecular complexity index is 1250. The molecule has 0 unspecified atom stereocenters. The van der Waals surface area contributed by atoms with Gasteiger partial charge in [-0.15, -0.1) is 0 Å². The maximum atomic E-state index is 13.1. The van der Waals surface area contributed by atoms with Gasteiger partial charge in [0.1, 0.15) is 16.9 Å². The van der Waals surface area contributed by atoms with Gasteiger partial charge in [0.15, 0.2) is 5.65 Å². The summed E-state index contributed by atoms with van der Waals surface area (Å²) in [7, 11) is 0. The number of nitrogens with two attached hydrogens (primary N) is 1. The smallest absolute Gasteiger partial charge is 0.257 e. The van der Waals surface area contributed by atoms with Crippen LogP contribution >= 0.6 is 0 Å². The standard InChI is InChI=1S/C24H27N7O/c1-2-3-4-5-8-13-27-24(32)20-21-23(30-19-10-7-6-9-18(19)29-21)31(22(20)25)28-16-17-11-14-26-15-12-17/h6-7,9-12,14-16H,2-5,8,13,25H2,1H3,(H,27,32)/b28-16+. The van der Waals surface area contributed by atoms with Crippen LogP contribution in [0.15, 0.2) is 53.9 Å². The minimum atomic E-state index is -0.259. The molecule has 8 nitrogen and oxygen atoms in total. The molecule has 0 fully saturated rings. The molecule has 32 heavy (non-hydrogen) atoms. The number of carbonyl (C=O) groups is 1. The van der Waals surface area contributed by atoms with Gasteiger partial charge >= 0.3 is 0 Å². The Kier molecular flexibility index (Phi) is 6.69. The molecule has 0 saturated carbocycles. The van der Waals surface area contributed by atoms with E-state index >= 15 is 0 Å². The van der Waals surface area contributed by atoms with Crippen LogP contribution in [0.1, 0.15) is 54.9 Å². The van der Waals surface area contributed by atoms with E-state index < -0.39 is 0 Å². The van der Waals surface area contributed by atoms with Crippen LogP contribution in [0.5, 0.6) is 0 Å². The predicted molar refractivity (Wildman–Crippen MR) is 128 cm³/mol. The largest absolute Gasteiger partial charge is 0.383 e. The third-order valence-corrected chi connectivity index (χ3v) is 5.30. The normalized spacial score (nSPS) is 11.5. The molecular weight excluding hydrogens is 402 g/mol. The van der Waals surface area contributed by atoms with Crippen molar-refractivity contribution in [1.82, 2.24) is 24.9 Å². The molecule has 1 amide bonds. The SMILES string of the molecule is CCCCCCCNC(=O)c1c(N)n(/N=C/c2ccncc2)c2nc3ccccc3nc12. The average molecular weight is 430 g/mol. The van der Waals surface area contributed by atoms with Crippen LogP contribution in [0.4, 0.5) is 5.82 Å². The number of para-hydroxylation sites is 2. The molecule has 0 aliphatic heterocycles. The lowest BCUT2D eigenvalue weighted by atomic mass is 10.1. The molecule has 4 rings (SSSR count). The number of unbranched alkanes of at least 4 members (excludes halogenated alkanes) is 4. The van der Waals surface area contributed by atoms with Crippen molar-refractivity contribution in [2.75, 3.05) is 12.3 Å². The zero-order valence-corrected chi connectivity index (χ0v) is 18.2. The molecule has 0 saturated heterocycles. The van der Waals surface area contributed by atoms with Crippen molar-refractivity contribution in [1.29, 1.82) is 0 Å². The van der Waals surface area contributed by atoms with Gasteiger partial charge in [-0.3, -0.25) is 9.78 Å². The highest BCUT2D eigenvalue weighted by Gasteiger charge is 2.23. The maximum absolute atomic E-state index is 13.1. The molecule has 3 heterocycles. The number of nitrogens with one attached hydrogen (secondary N) is 1. The number of anilines is 1. The summed E-state index contributed by atoms with van der Waals surface area (Å²) >= 11 is 0. The van der Waals surface area contributed by atoms with Crippen LogP contribution in [0.2, 0.25) is 0 Å². The van der Waals surface area contributed by atoms with E-state index in [-0.39, 0.29) is 11.7 Å². The van der Waals surface area contributed by atoms with E-state index in [1.54, 1.807) is 18.6 Å². The van der Waals surface area contributed by atoms with E-state index in [9.17, 15) is 4.79 Å². The zero-order chi connectivity index (χ0) is 22.3. The number of fused-ring (bicyclic) bond motifs is 2. The molecule has 0 aliphatic carbocycles. The quantitative estimate of drug-likeness (QED) is 0.307. The highest BCUT2D eigenvalue weighted by molar-refractivity contribution is 6.10. The molecule has 3 N–H and O–H groups in total. The molecule has 0 spiro atoms. The molecule has 164 valence electrons. The molecular formula is C24H27N7O. The lowest BCUT2D eigenvalue weighted by Gasteiger charge is -2.05. The van der Waals surface area contributed by atoms with Crippen LogP contribution in [0, 0.1) is 0 Å². The van der Waals surface area contributed by atoms with E-state index in [1.807, 2.05) is 36.4 Å². The zero-order valence-electron chi connectivity index (χ0n) is 18.2. The van der Waals surface area contributed by atoms with E-state index in [2.05, 4.69) is 22.3 Å². The van der Waals surface area contributed by atoms with Crippen LogP contribution in [-0.4, -0.2) is 38.3 Å². The number of rotatable bonds is 9. The van der Waals surface area contributed by atoms with Crippen molar-refractivity contribution < 1.29 is 4.79 Å². The maximum Gasteiger partial charge on any atom is 0.257 e. The van der Waals surface area contributed by atoms with E-state index in [0.29, 0.717) is 34.3 Å². The molecule has 8 heteroatoms. The topological polar surface area (TPSA) is 111 Å². The number of amides is 1. The average Bonchev–Trinajstić information content (AvgIpc) is 3.09. The van der Waals surface area contributed by atoms with Crippen molar-refractivity contribution in [3.8, 4) is 0 Å². The minimum absolute atomic E-state index is 0.212. The summed E-state index contributed by atoms with van der Waals surface area (Å²) in [6, 6.07) is 11.2. The first-order valence-electron chi connectivity index (χ1n) is 11.0. The Morgan fingerprint density at radius 3 is 2.53 bits per heavy atom. The number of hydrogen-bond donors (Lipinski definition) is 2. The molecule has 4 aromatic rings. The van der Waals surface area contributed by atoms with Crippen LogP contribution < -0.4 is 11.1 Å². The summed E-state index contributed by atoms with van der Waals surface area (Å²) < 4.78 is 1.48. The summed E-state index contributed by atoms with van der Waals surface area (Å²) in [5.74, 6) is -0.0467. The molecule has 0 bridgehead atoms. The van der Waals surface area contributed by atoms with Crippen LogP contribution in [0.25, 0.3) is 22.2 Å². The highest BCUT2D eigenvalue weighted by Crippen LogP contribution is 2.27. The highest BCUT2D eigenvalue weighted by atomic mass is 16.1. The Labute approximate surface area is 186 Å². The van der Waals surface area contributed by atoms with Crippen LogP contribution in [-0.2, 0) is 0 Å². The fourth-order valence-corrected chi connectivity index (χ4v) is 3.58. The first kappa shape index (κ1) is 21.4. The summed E-state index contributed by atoms with van der Waals surface area (Å²) in [6.45, 7) is 2.78. The third-order valence-electron chi connectivity index (χ3n) is 5.30. The van der Waals surface area contributed by atoms with E-state index in [1.165, 1.54) is 23.9 Å². The molecule has 0 atom stereocenters. The van der Waals surface area contributed by atoms with Gasteiger partial charge in [0.2, 0.25) is 0 Å². The number of nitrogen functional groups attached to an aromatic ring is 1. The number of aromatic nitrogens is 4. The van der Waals surface area contributed by atoms with Gasteiger partial charge in [0.05, 0.1) is 17.2 Å². The van der Waals surface area contributed by atoms with Crippen LogP contribution in [0.3, 0.4) is 0 Å². The van der Waals surface area contributed by atoms with Gasteiger partial charge in [0, 0.05) is 18.9 Å². The summed E-state index contributed by atoms with van der Waals surface area (Å²) in [5.41, 5.74) is 9.86. The second-order valence-corrected chi connectivity index (χ2v) is 7.65. The van der Waals surface area contributed by atoms with Gasteiger partial charge in [0.25, 0.3) is 5.91 Å². The third kappa shape index (κ3) is 4.59. The Morgan fingerprint density at radius 1 is 1.06 bits per heavy atom. The number of pyridine rings is 1. The van der Waals surface area contributed by atoms with Gasteiger partial charge < -0.3 is 11.1 Å². The van der Waals surface area contributed by atoms with Crippen molar-refractivity contribution in [2.24, 2.45) is 5.10 Å². The van der Waals surface area contributed by atoms with Crippen molar-refractivity contribution in [2.45, 2.75) is 39.0 Å². The van der Waals surface area contributed by atoms with Crippen molar-refractivity contribution >= 4 is 40.1 Å². The van der Waals surface area contributed by atoms with Gasteiger partial charge in [-0.05, 0) is 36.2 Å². The fourth-order valence-electron chi connectivity index (χ4n) is 3.58. The lowest BCUT2D eigenvalue weighted by Crippen LogP contribution is -2.25. The van der Waals surface area contributed by atoms with Crippen molar-refractivity contribution in [3.63, 3.8) is 0 Å². The number of benzene rings is 1. The van der Waals surface area contributed by atoms with Crippen molar-refractivity contribution in [3.05, 3.63) is 59.9 Å².